The summed E-state index contributed by atoms with van der Waals surface area (Å²) < 4.78 is 0. The number of nitrogens with zero attached hydrogens (tertiary/aromatic N) is 3. The molecule has 1 aliphatic carbocycles. The number of rotatable bonds is 6. The average Bonchev–Trinajstić information content (AvgIpc) is 3.23. The first kappa shape index (κ1) is 22.6. The van der Waals surface area contributed by atoms with Gasteiger partial charge in [-0.3, -0.25) is 4.79 Å². The van der Waals surface area contributed by atoms with Crippen molar-refractivity contribution in [2.45, 2.75) is 49.5 Å². The van der Waals surface area contributed by atoms with Crippen LogP contribution in [0, 0.1) is 5.92 Å². The maximum atomic E-state index is 13.6. The van der Waals surface area contributed by atoms with Crippen molar-refractivity contribution >= 4 is 5.91 Å². The van der Waals surface area contributed by atoms with E-state index in [1.807, 2.05) is 0 Å². The Kier molecular flexibility index (Phi) is 6.58. The highest BCUT2D eigenvalue weighted by Gasteiger charge is 2.52. The Morgan fingerprint density at radius 2 is 1.45 bits per heavy atom. The Morgan fingerprint density at radius 3 is 1.97 bits per heavy atom. The van der Waals surface area contributed by atoms with Gasteiger partial charge in [0.25, 0.3) is 0 Å². The summed E-state index contributed by atoms with van der Waals surface area (Å²) in [5, 5.41) is 0. The largest absolute Gasteiger partial charge is 0.340 e. The number of carbonyl (C=O) groups is 1. The van der Waals surface area contributed by atoms with Gasteiger partial charge in [0.15, 0.2) is 0 Å². The van der Waals surface area contributed by atoms with E-state index in [0.29, 0.717) is 30.1 Å². The standard InChI is InChI=1S/C29H39N3O/c1-30(2)29-19-25(23-11-5-3-6-12-23)27(26(20-29)24-13-7-4-8-14-24)21-32(22-29)28(33)15-18-31-16-9-10-17-31/h3-8,11-14,25-27H,9-10,15-22H2,1-2H3. The summed E-state index contributed by atoms with van der Waals surface area (Å²) in [4.78, 5) is 20.7. The molecule has 2 unspecified atom stereocenters. The molecular weight excluding hydrogens is 406 g/mol. The lowest BCUT2D eigenvalue weighted by atomic mass is 9.61. The van der Waals surface area contributed by atoms with Crippen LogP contribution in [0.5, 0.6) is 0 Å². The fourth-order valence-corrected chi connectivity index (χ4v) is 6.79. The Bertz CT molecular complexity index is 873. The van der Waals surface area contributed by atoms with E-state index in [0.717, 1.165) is 45.6 Å². The molecule has 4 nitrogen and oxygen atoms in total. The number of amides is 1. The molecule has 2 aromatic rings. The second kappa shape index (κ2) is 9.60. The molecule has 1 amide bonds. The van der Waals surface area contributed by atoms with Crippen LogP contribution in [-0.2, 0) is 4.79 Å². The van der Waals surface area contributed by atoms with Gasteiger partial charge in [0.05, 0.1) is 0 Å². The van der Waals surface area contributed by atoms with Gasteiger partial charge in [-0.1, -0.05) is 60.7 Å². The molecule has 0 N–H and O–H groups in total. The molecular formula is C29H39N3O. The van der Waals surface area contributed by atoms with Crippen molar-refractivity contribution in [3.05, 3.63) is 71.8 Å². The Labute approximate surface area is 199 Å². The molecule has 3 heterocycles. The fourth-order valence-electron chi connectivity index (χ4n) is 6.79. The van der Waals surface area contributed by atoms with Gasteiger partial charge >= 0.3 is 0 Å². The third-order valence-corrected chi connectivity index (χ3v) is 8.75. The van der Waals surface area contributed by atoms with E-state index in [1.54, 1.807) is 0 Å². The first-order valence-electron chi connectivity index (χ1n) is 12.8. The zero-order chi connectivity index (χ0) is 22.8. The lowest BCUT2D eigenvalue weighted by molar-refractivity contribution is -0.132. The summed E-state index contributed by atoms with van der Waals surface area (Å²) >= 11 is 0. The molecule has 33 heavy (non-hydrogen) atoms. The molecule has 2 bridgehead atoms. The van der Waals surface area contributed by atoms with Crippen LogP contribution in [0.15, 0.2) is 60.7 Å². The minimum Gasteiger partial charge on any atom is -0.340 e. The van der Waals surface area contributed by atoms with E-state index in [1.165, 1.54) is 24.0 Å². The second-order valence-electron chi connectivity index (χ2n) is 10.8. The van der Waals surface area contributed by atoms with Crippen molar-refractivity contribution in [1.29, 1.82) is 0 Å². The average molecular weight is 446 g/mol. The number of hydrogen-bond acceptors (Lipinski definition) is 3. The highest BCUT2D eigenvalue weighted by Crippen LogP contribution is 2.54. The molecule has 6 rings (SSSR count). The Morgan fingerprint density at radius 1 is 0.909 bits per heavy atom. The number of carbonyl (C=O) groups excluding carboxylic acids is 1. The zero-order valence-corrected chi connectivity index (χ0v) is 20.3. The van der Waals surface area contributed by atoms with Crippen molar-refractivity contribution < 1.29 is 4.79 Å². The number of likely N-dealkylation sites (tertiary alicyclic amines) is 1. The van der Waals surface area contributed by atoms with Gasteiger partial charge in [-0.05, 0) is 81.7 Å². The van der Waals surface area contributed by atoms with Crippen molar-refractivity contribution in [1.82, 2.24) is 14.7 Å². The molecule has 4 aliphatic rings. The lowest BCUT2D eigenvalue weighted by Crippen LogP contribution is -2.54. The Balaban J connectivity index is 1.48. The van der Waals surface area contributed by atoms with Crippen LogP contribution in [0.2, 0.25) is 0 Å². The fraction of sp³-hybridized carbons (Fsp3) is 0.552. The quantitative estimate of drug-likeness (QED) is 0.651. The zero-order valence-electron chi connectivity index (χ0n) is 20.3. The molecule has 176 valence electrons. The van der Waals surface area contributed by atoms with Crippen LogP contribution in [0.25, 0.3) is 0 Å². The highest BCUT2D eigenvalue weighted by atomic mass is 16.2. The van der Waals surface area contributed by atoms with Gasteiger partial charge in [-0.15, -0.1) is 0 Å². The van der Waals surface area contributed by atoms with Gasteiger partial charge in [0.2, 0.25) is 5.91 Å². The number of fused-ring (bicyclic) bond motifs is 4. The number of hydrogen-bond donors (Lipinski definition) is 0. The first-order chi connectivity index (χ1) is 16.1. The van der Waals surface area contributed by atoms with Crippen molar-refractivity contribution in [2.75, 3.05) is 46.8 Å². The van der Waals surface area contributed by atoms with E-state index in [4.69, 9.17) is 0 Å². The molecule has 4 heteroatoms. The summed E-state index contributed by atoms with van der Waals surface area (Å²) in [6.07, 6.45) is 5.45. The first-order valence-corrected chi connectivity index (χ1v) is 12.8. The van der Waals surface area contributed by atoms with Crippen LogP contribution >= 0.6 is 0 Å². The van der Waals surface area contributed by atoms with Crippen LogP contribution < -0.4 is 0 Å². The van der Waals surface area contributed by atoms with Crippen LogP contribution in [0.1, 0.15) is 55.1 Å². The lowest BCUT2D eigenvalue weighted by Gasteiger charge is -2.49. The third-order valence-electron chi connectivity index (χ3n) is 8.75. The van der Waals surface area contributed by atoms with Gasteiger partial charge in [0, 0.05) is 31.6 Å². The molecule has 2 aromatic carbocycles. The normalized spacial score (nSPS) is 30.0. The van der Waals surface area contributed by atoms with Crippen LogP contribution in [0.3, 0.4) is 0 Å². The maximum absolute atomic E-state index is 13.6. The second-order valence-corrected chi connectivity index (χ2v) is 10.8. The third kappa shape index (κ3) is 4.61. The molecule has 3 saturated heterocycles. The van der Waals surface area contributed by atoms with Crippen molar-refractivity contribution in [3.63, 3.8) is 0 Å². The molecule has 2 atom stereocenters. The van der Waals surface area contributed by atoms with Crippen molar-refractivity contribution in [2.24, 2.45) is 5.92 Å². The molecule has 0 aromatic heterocycles. The van der Waals surface area contributed by atoms with Gasteiger partial charge in [-0.25, -0.2) is 0 Å². The van der Waals surface area contributed by atoms with Gasteiger partial charge in [-0.2, -0.15) is 0 Å². The summed E-state index contributed by atoms with van der Waals surface area (Å²) in [5.74, 6) is 1.72. The minimum absolute atomic E-state index is 0.00266. The summed E-state index contributed by atoms with van der Waals surface area (Å²) in [7, 11) is 4.45. The van der Waals surface area contributed by atoms with E-state index in [-0.39, 0.29) is 5.54 Å². The van der Waals surface area contributed by atoms with Gasteiger partial charge in [0.1, 0.15) is 0 Å². The molecule has 3 aliphatic heterocycles. The van der Waals surface area contributed by atoms with Crippen LogP contribution in [0.4, 0.5) is 0 Å². The Hall–Kier alpha value is -2.17. The van der Waals surface area contributed by atoms with E-state index in [2.05, 4.69) is 89.5 Å². The number of likely N-dealkylation sites (N-methyl/N-ethyl adjacent to an activating group) is 1. The molecule has 0 spiro atoms. The van der Waals surface area contributed by atoms with E-state index < -0.39 is 0 Å². The molecule has 1 saturated carbocycles. The minimum atomic E-state index is -0.00266. The SMILES string of the molecule is CN(C)C12CC(c3ccccc3)C(CN(C(=O)CCN3CCCC3)C1)C(c1ccccc1)C2. The maximum Gasteiger partial charge on any atom is 0.223 e. The number of benzene rings is 2. The van der Waals surface area contributed by atoms with Crippen LogP contribution in [-0.4, -0.2) is 73.0 Å². The smallest absolute Gasteiger partial charge is 0.223 e. The topological polar surface area (TPSA) is 26.8 Å². The van der Waals surface area contributed by atoms with Crippen molar-refractivity contribution in [3.8, 4) is 0 Å². The molecule has 0 radical (unpaired) electrons. The predicted octanol–water partition coefficient (Wildman–Crippen LogP) is 4.59. The van der Waals surface area contributed by atoms with E-state index >= 15 is 0 Å². The highest BCUT2D eigenvalue weighted by molar-refractivity contribution is 5.76. The van der Waals surface area contributed by atoms with Gasteiger partial charge < -0.3 is 14.7 Å². The molecule has 4 fully saturated rings. The van der Waals surface area contributed by atoms with E-state index in [9.17, 15) is 4.79 Å². The monoisotopic (exact) mass is 445 g/mol. The summed E-state index contributed by atoms with van der Waals surface area (Å²) in [6.45, 7) is 4.95. The summed E-state index contributed by atoms with van der Waals surface area (Å²) in [6, 6.07) is 22.1. The predicted molar refractivity (Wildman–Crippen MR) is 134 cm³/mol. The summed E-state index contributed by atoms with van der Waals surface area (Å²) in [5.41, 5.74) is 2.86.